The van der Waals surface area contributed by atoms with Gasteiger partial charge in [-0.2, -0.15) is 5.10 Å². The molecular weight excluding hydrogens is 389 g/mol. The summed E-state index contributed by atoms with van der Waals surface area (Å²) in [6.07, 6.45) is 2.59. The van der Waals surface area contributed by atoms with E-state index in [-0.39, 0.29) is 17.8 Å². The van der Waals surface area contributed by atoms with Crippen molar-refractivity contribution in [2.24, 2.45) is 0 Å². The molecule has 0 aromatic carbocycles. The molecule has 2 aromatic rings. The Kier molecular flexibility index (Phi) is 4.85. The van der Waals surface area contributed by atoms with Crippen LogP contribution >= 0.6 is 0 Å². The number of fused-ring (bicyclic) bond motifs is 2. The predicted octanol–water partition coefficient (Wildman–Crippen LogP) is 2.51. The number of rotatable bonds is 2. The van der Waals surface area contributed by atoms with Crippen molar-refractivity contribution in [1.29, 1.82) is 0 Å². The summed E-state index contributed by atoms with van der Waals surface area (Å²) in [4.78, 5) is 20.2. The molecule has 5 rings (SSSR count). The van der Waals surface area contributed by atoms with E-state index in [0.717, 1.165) is 43.9 Å². The second kappa shape index (κ2) is 7.54. The van der Waals surface area contributed by atoms with Crippen LogP contribution in [0.1, 0.15) is 42.8 Å². The summed E-state index contributed by atoms with van der Waals surface area (Å²) >= 11 is 0. The summed E-state index contributed by atoms with van der Waals surface area (Å²) in [5, 5.41) is 5.03. The van der Waals surface area contributed by atoms with Gasteiger partial charge in [-0.15, -0.1) is 0 Å². The molecule has 3 aliphatic heterocycles. The normalized spacial score (nSPS) is 19.3. The molecule has 160 valence electrons. The van der Waals surface area contributed by atoms with E-state index in [2.05, 4.69) is 9.67 Å². The number of ether oxygens (including phenoxy) is 2. The van der Waals surface area contributed by atoms with Crippen LogP contribution in [0, 0.1) is 12.7 Å². The van der Waals surface area contributed by atoms with Gasteiger partial charge in [0.1, 0.15) is 18.1 Å². The van der Waals surface area contributed by atoms with E-state index < -0.39 is 0 Å². The SMILES string of the molecule is CC(=O)N1CCc2c(c(N3CCOc4nc(C)c(F)cc43)nn2C2CCOCC2)C1. The number of halogens is 1. The van der Waals surface area contributed by atoms with Crippen LogP contribution in [0.3, 0.4) is 0 Å². The minimum absolute atomic E-state index is 0.0520. The van der Waals surface area contributed by atoms with Crippen LogP contribution in [0.15, 0.2) is 6.07 Å². The fourth-order valence-electron chi connectivity index (χ4n) is 4.57. The van der Waals surface area contributed by atoms with Gasteiger partial charge >= 0.3 is 0 Å². The van der Waals surface area contributed by atoms with Gasteiger partial charge in [0.15, 0.2) is 5.82 Å². The van der Waals surface area contributed by atoms with Crippen molar-refractivity contribution in [2.75, 3.05) is 37.8 Å². The van der Waals surface area contributed by atoms with E-state index in [1.165, 1.54) is 11.8 Å². The molecule has 8 nitrogen and oxygen atoms in total. The lowest BCUT2D eigenvalue weighted by Crippen LogP contribution is -2.36. The van der Waals surface area contributed by atoms with Gasteiger partial charge in [-0.1, -0.05) is 0 Å². The third-order valence-electron chi connectivity index (χ3n) is 6.24. The van der Waals surface area contributed by atoms with Gasteiger partial charge in [0, 0.05) is 50.4 Å². The van der Waals surface area contributed by atoms with Crippen molar-refractivity contribution in [3.8, 4) is 5.88 Å². The highest BCUT2D eigenvalue weighted by molar-refractivity contribution is 5.75. The molecule has 0 bridgehead atoms. The van der Waals surface area contributed by atoms with Crippen LogP contribution in [-0.2, 0) is 22.5 Å². The van der Waals surface area contributed by atoms with Crippen molar-refractivity contribution >= 4 is 17.4 Å². The standard InChI is InChI=1S/C21H26FN5O3/c1-13-17(22)11-19-21(23-13)30-10-7-26(19)20-16-12-25(14(2)28)6-3-18(16)27(24-20)15-4-8-29-9-5-15/h11,15H,3-10,12H2,1-2H3. The Morgan fingerprint density at radius 3 is 2.80 bits per heavy atom. The number of carbonyl (C=O) groups excluding carboxylic acids is 1. The van der Waals surface area contributed by atoms with Crippen LogP contribution in [0.4, 0.5) is 15.9 Å². The van der Waals surface area contributed by atoms with Crippen molar-refractivity contribution in [3.05, 3.63) is 28.8 Å². The molecule has 0 unspecified atom stereocenters. The third-order valence-corrected chi connectivity index (χ3v) is 6.24. The zero-order valence-electron chi connectivity index (χ0n) is 17.4. The van der Waals surface area contributed by atoms with Crippen LogP contribution in [-0.4, -0.2) is 58.5 Å². The average Bonchev–Trinajstić information content (AvgIpc) is 3.13. The lowest BCUT2D eigenvalue weighted by Gasteiger charge is -2.32. The van der Waals surface area contributed by atoms with E-state index in [1.807, 2.05) is 9.80 Å². The first-order chi connectivity index (χ1) is 14.5. The number of hydrogen-bond acceptors (Lipinski definition) is 6. The first-order valence-corrected chi connectivity index (χ1v) is 10.5. The Morgan fingerprint density at radius 2 is 2.03 bits per heavy atom. The number of amides is 1. The molecule has 9 heteroatoms. The van der Waals surface area contributed by atoms with Crippen LogP contribution in [0.25, 0.3) is 0 Å². The Bertz CT molecular complexity index is 986. The molecule has 5 heterocycles. The maximum absolute atomic E-state index is 14.4. The van der Waals surface area contributed by atoms with Gasteiger partial charge < -0.3 is 19.3 Å². The molecule has 0 spiro atoms. The highest BCUT2D eigenvalue weighted by Gasteiger charge is 2.34. The van der Waals surface area contributed by atoms with E-state index in [0.29, 0.717) is 43.5 Å². The summed E-state index contributed by atoms with van der Waals surface area (Å²) in [6.45, 7) is 6.87. The third kappa shape index (κ3) is 3.21. The smallest absolute Gasteiger partial charge is 0.238 e. The molecule has 3 aliphatic rings. The maximum Gasteiger partial charge on any atom is 0.238 e. The molecule has 2 aromatic heterocycles. The van der Waals surface area contributed by atoms with E-state index >= 15 is 0 Å². The minimum Gasteiger partial charge on any atom is -0.474 e. The van der Waals surface area contributed by atoms with E-state index in [9.17, 15) is 9.18 Å². The Balaban J connectivity index is 1.61. The summed E-state index contributed by atoms with van der Waals surface area (Å²) in [7, 11) is 0. The highest BCUT2D eigenvalue weighted by atomic mass is 19.1. The zero-order valence-corrected chi connectivity index (χ0v) is 17.4. The molecule has 1 saturated heterocycles. The Hall–Kier alpha value is -2.68. The number of hydrogen-bond donors (Lipinski definition) is 0. The second-order valence-corrected chi connectivity index (χ2v) is 8.11. The summed E-state index contributed by atoms with van der Waals surface area (Å²) in [6, 6.07) is 1.75. The average molecular weight is 415 g/mol. The maximum atomic E-state index is 14.4. The van der Waals surface area contributed by atoms with Crippen molar-refractivity contribution in [1.82, 2.24) is 19.7 Å². The van der Waals surface area contributed by atoms with Gasteiger partial charge in [-0.05, 0) is 19.8 Å². The molecular formula is C21H26FN5O3. The summed E-state index contributed by atoms with van der Waals surface area (Å²) in [5.74, 6) is 0.884. The molecule has 0 N–H and O–H groups in total. The topological polar surface area (TPSA) is 72.7 Å². The van der Waals surface area contributed by atoms with Gasteiger partial charge in [-0.25, -0.2) is 9.37 Å². The fourth-order valence-corrected chi connectivity index (χ4v) is 4.57. The van der Waals surface area contributed by atoms with Crippen LogP contribution in [0.5, 0.6) is 5.88 Å². The lowest BCUT2D eigenvalue weighted by molar-refractivity contribution is -0.129. The fraction of sp³-hybridized carbons (Fsp3) is 0.571. The molecule has 0 radical (unpaired) electrons. The number of aromatic nitrogens is 3. The Labute approximate surface area is 174 Å². The second-order valence-electron chi connectivity index (χ2n) is 8.11. The molecule has 30 heavy (non-hydrogen) atoms. The molecule has 0 atom stereocenters. The van der Waals surface area contributed by atoms with Crippen LogP contribution < -0.4 is 9.64 Å². The predicted molar refractivity (Wildman–Crippen MR) is 108 cm³/mol. The number of pyridine rings is 1. The van der Waals surface area contributed by atoms with Crippen LogP contribution in [0.2, 0.25) is 0 Å². The zero-order chi connectivity index (χ0) is 20.8. The monoisotopic (exact) mass is 415 g/mol. The van der Waals surface area contributed by atoms with Gasteiger partial charge in [-0.3, -0.25) is 9.48 Å². The number of aryl methyl sites for hydroxylation is 1. The molecule has 0 saturated carbocycles. The van der Waals surface area contributed by atoms with Crippen molar-refractivity contribution < 1.29 is 18.7 Å². The first kappa shape index (κ1) is 19.3. The van der Waals surface area contributed by atoms with E-state index in [4.69, 9.17) is 14.6 Å². The van der Waals surface area contributed by atoms with Gasteiger partial charge in [0.25, 0.3) is 0 Å². The number of anilines is 2. The summed E-state index contributed by atoms with van der Waals surface area (Å²) < 4.78 is 27.7. The number of nitrogens with zero attached hydrogens (tertiary/aromatic N) is 5. The first-order valence-electron chi connectivity index (χ1n) is 10.5. The van der Waals surface area contributed by atoms with Gasteiger partial charge in [0.05, 0.1) is 24.8 Å². The van der Waals surface area contributed by atoms with E-state index in [1.54, 1.807) is 13.8 Å². The molecule has 1 amide bonds. The molecule has 0 aliphatic carbocycles. The van der Waals surface area contributed by atoms with Crippen molar-refractivity contribution in [2.45, 2.75) is 45.7 Å². The lowest BCUT2D eigenvalue weighted by atomic mass is 10.0. The quantitative estimate of drug-likeness (QED) is 0.751. The van der Waals surface area contributed by atoms with Crippen molar-refractivity contribution in [3.63, 3.8) is 0 Å². The molecule has 1 fully saturated rings. The van der Waals surface area contributed by atoms with Gasteiger partial charge in [0.2, 0.25) is 11.8 Å². The largest absolute Gasteiger partial charge is 0.474 e. The Morgan fingerprint density at radius 1 is 1.23 bits per heavy atom. The number of carbonyl (C=O) groups is 1. The minimum atomic E-state index is -0.368. The summed E-state index contributed by atoms with van der Waals surface area (Å²) in [5.41, 5.74) is 3.11. The highest BCUT2D eigenvalue weighted by Crippen LogP contribution is 2.40.